The van der Waals surface area contributed by atoms with Gasteiger partial charge >= 0.3 is 25.9 Å². The summed E-state index contributed by atoms with van der Waals surface area (Å²) in [5, 5.41) is 11.8. The molecule has 68 heavy (non-hydrogen) atoms. The Labute approximate surface area is 418 Å². The van der Waals surface area contributed by atoms with Crippen LogP contribution in [0.3, 0.4) is 0 Å². The molecule has 0 aromatic rings. The van der Waals surface area contributed by atoms with Crippen molar-refractivity contribution in [3.05, 3.63) is 0 Å². The number of hydrogen-bond donors (Lipinski definition) is 3. The molecule has 0 aromatic heterocycles. The highest BCUT2D eigenvalue weighted by atomic mass is 31.2. The number of nitrogens with one attached hydrogen (secondary N) is 1. The minimum absolute atomic E-state index is 0.127. The van der Waals surface area contributed by atoms with Crippen molar-refractivity contribution >= 4 is 25.9 Å². The van der Waals surface area contributed by atoms with E-state index in [2.05, 4.69) is 39.9 Å². The van der Waals surface area contributed by atoms with Gasteiger partial charge in [0.2, 0.25) is 0 Å². The lowest BCUT2D eigenvalue weighted by Gasteiger charge is -2.30. The predicted molar refractivity (Wildman–Crippen MR) is 281 cm³/mol. The highest BCUT2D eigenvalue weighted by Crippen LogP contribution is 2.43. The first kappa shape index (κ1) is 68.4. The highest BCUT2D eigenvalue weighted by molar-refractivity contribution is 7.47. The highest BCUT2D eigenvalue weighted by Gasteiger charge is 2.30. The van der Waals surface area contributed by atoms with Crippen LogP contribution in [-0.2, 0) is 37.4 Å². The van der Waals surface area contributed by atoms with Crippen LogP contribution in [0.5, 0.6) is 0 Å². The van der Waals surface area contributed by atoms with Gasteiger partial charge in [-0.15, -0.1) is 0 Å². The van der Waals surface area contributed by atoms with Crippen molar-refractivity contribution in [1.82, 2.24) is 5.32 Å². The van der Waals surface area contributed by atoms with E-state index in [1.807, 2.05) is 13.8 Å². The van der Waals surface area contributed by atoms with Crippen LogP contribution in [0.1, 0.15) is 286 Å². The monoisotopic (exact) mass is 992 g/mol. The lowest BCUT2D eigenvalue weighted by Crippen LogP contribution is -2.40. The summed E-state index contributed by atoms with van der Waals surface area (Å²) in [7, 11) is -4.62. The Balaban J connectivity index is 0. The zero-order chi connectivity index (χ0) is 50.8. The third-order valence-corrected chi connectivity index (χ3v) is 14.3. The molecule has 0 rings (SSSR count). The van der Waals surface area contributed by atoms with E-state index >= 15 is 0 Å². The number of carbonyl (C=O) groups is 3. The zero-order valence-corrected chi connectivity index (χ0v) is 46.3. The molecule has 0 aliphatic carbocycles. The van der Waals surface area contributed by atoms with Crippen molar-refractivity contribution in [2.45, 2.75) is 298 Å². The summed E-state index contributed by atoms with van der Waals surface area (Å²) < 4.78 is 39.4. The van der Waals surface area contributed by atoms with Gasteiger partial charge in [0, 0.05) is 32.4 Å². The summed E-state index contributed by atoms with van der Waals surface area (Å²) in [6.07, 6.45) is 39.3. The summed E-state index contributed by atoms with van der Waals surface area (Å²) in [5.41, 5.74) is -0.802. The molecule has 1 amide bonds. The number of amides is 1. The molecule has 2 atom stereocenters. The first-order valence-corrected chi connectivity index (χ1v) is 29.9. The number of alkyl carbamates (subject to hydrolysis) is 1. The number of phosphoric ester groups is 1. The van der Waals surface area contributed by atoms with Crippen LogP contribution in [0.25, 0.3) is 0 Å². The summed E-state index contributed by atoms with van der Waals surface area (Å²) in [6, 6.07) is 0. The second-order valence-electron chi connectivity index (χ2n) is 19.4. The molecule has 0 radical (unpaired) electrons. The molecule has 13 heteroatoms. The summed E-state index contributed by atoms with van der Waals surface area (Å²) >= 11 is 0. The van der Waals surface area contributed by atoms with Gasteiger partial charge in [-0.05, 0) is 31.6 Å². The van der Waals surface area contributed by atoms with E-state index in [4.69, 9.17) is 23.3 Å². The normalized spacial score (nSPS) is 12.9. The lowest BCUT2D eigenvalue weighted by atomic mass is 9.93. The van der Waals surface area contributed by atoms with Crippen LogP contribution in [0.2, 0.25) is 0 Å². The maximum atomic E-state index is 12.8. The molecule has 0 bridgehead atoms. The Hall–Kier alpha value is -1.72. The van der Waals surface area contributed by atoms with E-state index in [1.54, 1.807) is 0 Å². The molecule has 0 fully saturated rings. The second-order valence-corrected chi connectivity index (χ2v) is 20.8. The Morgan fingerprint density at radius 3 is 1.28 bits per heavy atom. The summed E-state index contributed by atoms with van der Waals surface area (Å²) in [6.45, 7) is 13.5. The SMILES string of the molecule is CCC(C)CC.CCCCCCCCCCCCCCCCCC(=O)OCC(COP(=O)(O)OCCNC(=O)OC(CC)(CC)CCO)OC(=O)CCCCCCCCCCCCCCCCC. The van der Waals surface area contributed by atoms with Crippen LogP contribution in [-0.4, -0.2) is 72.7 Å². The molecule has 0 saturated carbocycles. The first-order chi connectivity index (χ1) is 32.9. The minimum Gasteiger partial charge on any atom is -0.462 e. The van der Waals surface area contributed by atoms with E-state index in [9.17, 15) is 28.9 Å². The lowest BCUT2D eigenvalue weighted by molar-refractivity contribution is -0.161. The van der Waals surface area contributed by atoms with Crippen molar-refractivity contribution in [2.75, 3.05) is 33.0 Å². The number of unbranched alkanes of at least 4 members (excludes halogenated alkanes) is 28. The summed E-state index contributed by atoms with van der Waals surface area (Å²) in [5.74, 6) is 0.0308. The molecule has 0 aliphatic rings. The van der Waals surface area contributed by atoms with E-state index in [1.165, 1.54) is 154 Å². The number of rotatable bonds is 49. The molecule has 0 aromatic carbocycles. The van der Waals surface area contributed by atoms with Crippen LogP contribution in [0, 0.1) is 5.92 Å². The first-order valence-electron chi connectivity index (χ1n) is 28.4. The van der Waals surface area contributed by atoms with Crippen LogP contribution >= 0.6 is 7.82 Å². The molecule has 0 spiro atoms. The van der Waals surface area contributed by atoms with Gasteiger partial charge in [-0.2, -0.15) is 0 Å². The number of aliphatic hydroxyl groups excluding tert-OH is 1. The molecule has 3 N–H and O–H groups in total. The van der Waals surface area contributed by atoms with Gasteiger partial charge in [0.15, 0.2) is 6.10 Å². The largest absolute Gasteiger partial charge is 0.472 e. The molecule has 12 nitrogen and oxygen atoms in total. The fourth-order valence-electron chi connectivity index (χ4n) is 7.95. The topological polar surface area (TPSA) is 167 Å². The molecule has 0 heterocycles. The Morgan fingerprint density at radius 2 is 0.926 bits per heavy atom. The predicted octanol–water partition coefficient (Wildman–Crippen LogP) is 16.2. The van der Waals surface area contributed by atoms with Gasteiger partial charge in [-0.25, -0.2) is 9.36 Å². The minimum atomic E-state index is -4.62. The maximum Gasteiger partial charge on any atom is 0.472 e. The molecule has 406 valence electrons. The second kappa shape index (κ2) is 50.2. The molecular weight excluding hydrogens is 882 g/mol. The average molecular weight is 992 g/mol. The fourth-order valence-corrected chi connectivity index (χ4v) is 8.70. The van der Waals surface area contributed by atoms with Crippen molar-refractivity contribution in [2.24, 2.45) is 5.92 Å². The van der Waals surface area contributed by atoms with Gasteiger partial charge in [-0.1, -0.05) is 241 Å². The van der Waals surface area contributed by atoms with E-state index < -0.39 is 44.2 Å². The fraction of sp³-hybridized carbons (Fsp3) is 0.945. The summed E-state index contributed by atoms with van der Waals surface area (Å²) in [4.78, 5) is 48.0. The number of carbonyl (C=O) groups excluding carboxylic acids is 3. The Morgan fingerprint density at radius 1 is 0.544 bits per heavy atom. The van der Waals surface area contributed by atoms with Crippen LogP contribution < -0.4 is 5.32 Å². The standard InChI is InChI=1S/C49H96NO11P.C6H14/c1-5-9-11-13-15-17-19-21-23-25-27-29-31-33-35-37-46(52)57-43-45(44-59-62(55,56)58-42-40-50-48(54)61-49(7-3,8-4)39-41-51)60-47(53)38-36-34-32-30-28-26-24-22-20-18-16-14-12-10-6-2;1-4-6(3)5-2/h45,51H,5-44H2,1-4H3,(H,50,54)(H,55,56);6H,4-5H2,1-3H3. The van der Waals surface area contributed by atoms with Gasteiger partial charge in [0.25, 0.3) is 0 Å². The quantitative estimate of drug-likeness (QED) is 0.0230. The van der Waals surface area contributed by atoms with Crippen molar-refractivity contribution in [3.63, 3.8) is 0 Å². The Kier molecular flexibility index (Phi) is 50.5. The van der Waals surface area contributed by atoms with E-state index in [0.29, 0.717) is 32.1 Å². The van der Waals surface area contributed by atoms with Crippen molar-refractivity contribution < 1.29 is 52.2 Å². The molecule has 0 aliphatic heterocycles. The van der Waals surface area contributed by atoms with Gasteiger partial charge < -0.3 is 29.5 Å². The van der Waals surface area contributed by atoms with Gasteiger partial charge in [0.05, 0.1) is 13.2 Å². The third-order valence-electron chi connectivity index (χ3n) is 13.3. The number of hydrogen-bond acceptors (Lipinski definition) is 10. The maximum absolute atomic E-state index is 12.8. The van der Waals surface area contributed by atoms with Crippen LogP contribution in [0.4, 0.5) is 4.79 Å². The number of phosphoric acid groups is 1. The zero-order valence-electron chi connectivity index (χ0n) is 45.4. The Bertz CT molecular complexity index is 1170. The van der Waals surface area contributed by atoms with Crippen molar-refractivity contribution in [1.29, 1.82) is 0 Å². The van der Waals surface area contributed by atoms with Crippen LogP contribution in [0.15, 0.2) is 0 Å². The number of ether oxygens (including phenoxy) is 3. The molecule has 0 saturated heterocycles. The van der Waals surface area contributed by atoms with Crippen molar-refractivity contribution in [3.8, 4) is 0 Å². The third kappa shape index (κ3) is 46.7. The smallest absolute Gasteiger partial charge is 0.462 e. The molecular formula is C55H110NO11P. The average Bonchev–Trinajstić information content (AvgIpc) is 3.33. The van der Waals surface area contributed by atoms with Gasteiger partial charge in [-0.3, -0.25) is 18.6 Å². The number of esters is 2. The van der Waals surface area contributed by atoms with Gasteiger partial charge in [0.1, 0.15) is 12.2 Å². The van der Waals surface area contributed by atoms with E-state index in [-0.39, 0.29) is 39.2 Å². The molecule has 2 unspecified atom stereocenters. The van der Waals surface area contributed by atoms with E-state index in [0.717, 1.165) is 44.4 Å². The number of aliphatic hydroxyl groups is 1.